The summed E-state index contributed by atoms with van der Waals surface area (Å²) in [6, 6.07) is 5.78. The molecule has 9 heteroatoms. The van der Waals surface area contributed by atoms with Crippen molar-refractivity contribution in [2.75, 3.05) is 24.5 Å². The first kappa shape index (κ1) is 22.1. The maximum atomic E-state index is 12.5. The van der Waals surface area contributed by atoms with Crippen molar-refractivity contribution in [1.82, 2.24) is 20.0 Å². The molecule has 2 atom stereocenters. The third-order valence-electron chi connectivity index (χ3n) is 6.15. The second-order valence-electron chi connectivity index (χ2n) is 9.78. The molecule has 2 unspecified atom stereocenters. The number of ether oxygens (including phenoxy) is 1. The molecule has 0 bridgehead atoms. The molecule has 32 heavy (non-hydrogen) atoms. The van der Waals surface area contributed by atoms with Gasteiger partial charge >= 0.3 is 12.1 Å². The van der Waals surface area contributed by atoms with Crippen LogP contribution in [0.15, 0.2) is 18.2 Å². The highest BCUT2D eigenvalue weighted by Gasteiger charge is 2.33. The average Bonchev–Trinajstić information content (AvgIpc) is 3.02. The molecular weight excluding hydrogens is 410 g/mol. The van der Waals surface area contributed by atoms with Crippen LogP contribution in [0.3, 0.4) is 0 Å². The standard InChI is InChI=1S/C23H31N5O4/c1-14-13-27(22(31)32-23(2,3)4)10-8-16(14)15-6-7-17-18(12-15)26(5)25-20(17)28-11-9-19(29)24-21(28)30/h6-7,12,14,16H,8-11,13H2,1-5H3,(H,24,29,30). The molecule has 0 saturated carbocycles. The molecular formula is C23H31N5O4. The fourth-order valence-electron chi connectivity index (χ4n) is 4.58. The van der Waals surface area contributed by atoms with E-state index in [4.69, 9.17) is 4.74 Å². The van der Waals surface area contributed by atoms with E-state index >= 15 is 0 Å². The molecule has 2 fully saturated rings. The van der Waals surface area contributed by atoms with Gasteiger partial charge in [-0.25, -0.2) is 9.59 Å². The van der Waals surface area contributed by atoms with Gasteiger partial charge in [-0.2, -0.15) is 5.10 Å². The minimum absolute atomic E-state index is 0.257. The highest BCUT2D eigenvalue weighted by atomic mass is 16.6. The quantitative estimate of drug-likeness (QED) is 0.771. The summed E-state index contributed by atoms with van der Waals surface area (Å²) in [7, 11) is 1.86. The molecule has 3 heterocycles. The Hall–Kier alpha value is -3.10. The molecule has 0 radical (unpaired) electrons. The fraction of sp³-hybridized carbons (Fsp3) is 0.565. The monoisotopic (exact) mass is 441 g/mol. The van der Waals surface area contributed by atoms with Crippen molar-refractivity contribution in [3.63, 3.8) is 0 Å². The number of hydrogen-bond acceptors (Lipinski definition) is 5. The van der Waals surface area contributed by atoms with E-state index in [9.17, 15) is 14.4 Å². The maximum Gasteiger partial charge on any atom is 0.410 e. The predicted octanol–water partition coefficient (Wildman–Crippen LogP) is 3.38. The molecule has 2 aliphatic rings. The number of hydrogen-bond donors (Lipinski definition) is 1. The van der Waals surface area contributed by atoms with Crippen molar-refractivity contribution in [2.24, 2.45) is 13.0 Å². The van der Waals surface area contributed by atoms with E-state index in [-0.39, 0.29) is 24.3 Å². The number of aromatic nitrogens is 2. The van der Waals surface area contributed by atoms with E-state index in [1.807, 2.05) is 33.9 Å². The van der Waals surface area contributed by atoms with Crippen LogP contribution in [0.4, 0.5) is 15.4 Å². The Morgan fingerprint density at radius 1 is 1.22 bits per heavy atom. The van der Waals surface area contributed by atoms with Gasteiger partial charge in [0, 0.05) is 38.5 Å². The number of rotatable bonds is 2. The van der Waals surface area contributed by atoms with Crippen LogP contribution in [-0.2, 0) is 16.6 Å². The Morgan fingerprint density at radius 3 is 2.62 bits per heavy atom. The first-order valence-corrected chi connectivity index (χ1v) is 11.1. The molecule has 1 aromatic carbocycles. The van der Waals surface area contributed by atoms with Crippen LogP contribution >= 0.6 is 0 Å². The van der Waals surface area contributed by atoms with Crippen molar-refractivity contribution >= 4 is 34.8 Å². The van der Waals surface area contributed by atoms with E-state index in [0.29, 0.717) is 31.4 Å². The Kier molecular flexibility index (Phi) is 5.60. The van der Waals surface area contributed by atoms with Gasteiger partial charge in [0.25, 0.3) is 0 Å². The van der Waals surface area contributed by atoms with Gasteiger partial charge in [-0.3, -0.25) is 19.7 Å². The zero-order valence-electron chi connectivity index (χ0n) is 19.3. The van der Waals surface area contributed by atoms with E-state index in [1.54, 1.807) is 9.58 Å². The molecule has 1 aromatic heterocycles. The first-order chi connectivity index (χ1) is 15.0. The number of aryl methyl sites for hydroxylation is 1. The largest absolute Gasteiger partial charge is 0.444 e. The van der Waals surface area contributed by atoms with Crippen LogP contribution in [0.1, 0.15) is 52.0 Å². The van der Waals surface area contributed by atoms with E-state index in [1.165, 1.54) is 10.5 Å². The number of nitrogens with one attached hydrogen (secondary N) is 1. The van der Waals surface area contributed by atoms with E-state index < -0.39 is 11.6 Å². The number of piperidine rings is 1. The number of fused-ring (bicyclic) bond motifs is 1. The van der Waals surface area contributed by atoms with Gasteiger partial charge in [-0.1, -0.05) is 13.0 Å². The maximum absolute atomic E-state index is 12.5. The predicted molar refractivity (Wildman–Crippen MR) is 121 cm³/mol. The smallest absolute Gasteiger partial charge is 0.410 e. The van der Waals surface area contributed by atoms with Crippen molar-refractivity contribution < 1.29 is 19.1 Å². The van der Waals surface area contributed by atoms with Crippen LogP contribution in [-0.4, -0.2) is 57.9 Å². The molecule has 0 spiro atoms. The number of nitrogens with zero attached hydrogens (tertiary/aromatic N) is 4. The summed E-state index contributed by atoms with van der Waals surface area (Å²) < 4.78 is 7.31. The van der Waals surface area contributed by atoms with Crippen LogP contribution in [0.5, 0.6) is 0 Å². The van der Waals surface area contributed by atoms with Gasteiger partial charge in [0.05, 0.1) is 5.52 Å². The Balaban J connectivity index is 1.54. The number of imide groups is 1. The lowest BCUT2D eigenvalue weighted by Gasteiger charge is -2.37. The third-order valence-corrected chi connectivity index (χ3v) is 6.15. The number of carbonyl (C=O) groups excluding carboxylic acids is 3. The van der Waals surface area contributed by atoms with Crippen molar-refractivity contribution in [1.29, 1.82) is 0 Å². The second-order valence-corrected chi connectivity index (χ2v) is 9.78. The van der Waals surface area contributed by atoms with Crippen LogP contribution in [0.25, 0.3) is 10.9 Å². The minimum Gasteiger partial charge on any atom is -0.444 e. The fourth-order valence-corrected chi connectivity index (χ4v) is 4.58. The van der Waals surface area contributed by atoms with Gasteiger partial charge in [0.15, 0.2) is 5.82 Å². The summed E-state index contributed by atoms with van der Waals surface area (Å²) >= 11 is 0. The van der Waals surface area contributed by atoms with E-state index in [2.05, 4.69) is 29.5 Å². The van der Waals surface area contributed by atoms with E-state index in [0.717, 1.165) is 17.3 Å². The molecule has 9 nitrogen and oxygen atoms in total. The molecule has 1 N–H and O–H groups in total. The number of anilines is 1. The summed E-state index contributed by atoms with van der Waals surface area (Å²) in [5.41, 5.74) is 1.63. The number of carbonyl (C=O) groups is 3. The van der Waals surface area contributed by atoms with Gasteiger partial charge < -0.3 is 9.64 Å². The molecule has 4 amide bonds. The lowest BCUT2D eigenvalue weighted by atomic mass is 9.81. The normalized spacial score (nSPS) is 22.3. The van der Waals surface area contributed by atoms with Gasteiger partial charge in [-0.05, 0) is 56.7 Å². The van der Waals surface area contributed by atoms with Crippen molar-refractivity contribution in [2.45, 2.75) is 52.1 Å². The van der Waals surface area contributed by atoms with Crippen molar-refractivity contribution in [3.05, 3.63) is 23.8 Å². The number of amides is 4. The molecule has 4 rings (SSSR count). The third kappa shape index (κ3) is 4.28. The number of likely N-dealkylation sites (tertiary alicyclic amines) is 1. The lowest BCUT2D eigenvalue weighted by Crippen LogP contribution is -2.49. The minimum atomic E-state index is -0.502. The number of benzene rings is 1. The highest BCUT2D eigenvalue weighted by Crippen LogP contribution is 2.36. The average molecular weight is 442 g/mol. The zero-order chi connectivity index (χ0) is 23.2. The summed E-state index contributed by atoms with van der Waals surface area (Å²) in [5, 5.41) is 7.79. The molecule has 2 aliphatic heterocycles. The SMILES string of the molecule is CC1CN(C(=O)OC(C)(C)C)CCC1c1ccc2c(N3CCC(=O)NC3=O)nn(C)c2c1. The Labute approximate surface area is 187 Å². The van der Waals surface area contributed by atoms with Crippen LogP contribution < -0.4 is 10.2 Å². The second kappa shape index (κ2) is 8.11. The van der Waals surface area contributed by atoms with Gasteiger partial charge in [0.2, 0.25) is 5.91 Å². The highest BCUT2D eigenvalue weighted by molar-refractivity contribution is 6.08. The Bertz CT molecular complexity index is 1070. The molecule has 0 aliphatic carbocycles. The summed E-state index contributed by atoms with van der Waals surface area (Å²) in [4.78, 5) is 39.5. The molecule has 2 saturated heterocycles. The summed E-state index contributed by atoms with van der Waals surface area (Å²) in [6.45, 7) is 9.42. The number of urea groups is 1. The molecule has 172 valence electrons. The van der Waals surface area contributed by atoms with Crippen molar-refractivity contribution in [3.8, 4) is 0 Å². The van der Waals surface area contributed by atoms with Gasteiger partial charge in [0.1, 0.15) is 5.60 Å². The van der Waals surface area contributed by atoms with Gasteiger partial charge in [-0.15, -0.1) is 0 Å². The Morgan fingerprint density at radius 2 is 1.97 bits per heavy atom. The first-order valence-electron chi connectivity index (χ1n) is 11.1. The summed E-state index contributed by atoms with van der Waals surface area (Å²) in [6.07, 6.45) is 0.857. The molecule has 2 aromatic rings. The summed E-state index contributed by atoms with van der Waals surface area (Å²) in [5.74, 6) is 0.889. The lowest BCUT2D eigenvalue weighted by molar-refractivity contribution is -0.120. The van der Waals surface area contributed by atoms with Crippen LogP contribution in [0.2, 0.25) is 0 Å². The topological polar surface area (TPSA) is 96.8 Å². The van der Waals surface area contributed by atoms with Crippen LogP contribution in [0, 0.1) is 5.92 Å². The zero-order valence-corrected chi connectivity index (χ0v) is 19.3.